The van der Waals surface area contributed by atoms with Crippen LogP contribution in [0, 0.1) is 0 Å². The maximum Gasteiger partial charge on any atom is 0.0431 e. The molecule has 1 rings (SSSR count). The number of hydrogen-bond acceptors (Lipinski definition) is 2. The minimum atomic E-state index is 0.281. The topological polar surface area (TPSA) is 32.3 Å². The lowest BCUT2D eigenvalue weighted by Gasteiger charge is -2.13. The molecule has 2 N–H and O–H groups in total. The Kier molecular flexibility index (Phi) is 5.91. The smallest absolute Gasteiger partial charge is 0.0431 e. The summed E-state index contributed by atoms with van der Waals surface area (Å²) in [6.07, 6.45) is 1.89. The molecule has 15 heavy (non-hydrogen) atoms. The maximum atomic E-state index is 8.70. The molecule has 0 aromatic heterocycles. The van der Waals surface area contributed by atoms with Crippen LogP contribution in [0.1, 0.15) is 25.3 Å². The summed E-state index contributed by atoms with van der Waals surface area (Å²) in [5, 5.41) is 12.1. The van der Waals surface area contributed by atoms with Gasteiger partial charge in [-0.1, -0.05) is 28.1 Å². The van der Waals surface area contributed by atoms with E-state index in [0.29, 0.717) is 6.04 Å². The van der Waals surface area contributed by atoms with E-state index in [1.807, 2.05) is 12.1 Å². The lowest BCUT2D eigenvalue weighted by atomic mass is 10.1. The third-order valence-electron chi connectivity index (χ3n) is 2.34. The number of aliphatic hydroxyl groups excluding tert-OH is 1. The van der Waals surface area contributed by atoms with Gasteiger partial charge in [0.15, 0.2) is 0 Å². The third kappa shape index (κ3) is 5.30. The molecule has 1 aromatic carbocycles. The molecule has 0 heterocycles. The summed E-state index contributed by atoms with van der Waals surface area (Å²) < 4.78 is 1.12. The molecule has 1 atom stereocenters. The Balaban J connectivity index is 2.30. The van der Waals surface area contributed by atoms with Crippen LogP contribution in [0.2, 0.25) is 0 Å². The number of rotatable bonds is 6. The minimum absolute atomic E-state index is 0.281. The van der Waals surface area contributed by atoms with Gasteiger partial charge >= 0.3 is 0 Å². The molecule has 1 unspecified atom stereocenters. The Morgan fingerprint density at radius 3 is 2.93 bits per heavy atom. The van der Waals surface area contributed by atoms with Crippen LogP contribution >= 0.6 is 15.9 Å². The van der Waals surface area contributed by atoms with Crippen molar-refractivity contribution in [3.8, 4) is 0 Å². The summed E-state index contributed by atoms with van der Waals surface area (Å²) in [4.78, 5) is 0. The minimum Gasteiger partial charge on any atom is -0.396 e. The van der Waals surface area contributed by atoms with E-state index < -0.39 is 0 Å². The van der Waals surface area contributed by atoms with Gasteiger partial charge in [0.05, 0.1) is 0 Å². The lowest BCUT2D eigenvalue weighted by molar-refractivity contribution is 0.276. The molecule has 0 amide bonds. The second-order valence-corrected chi connectivity index (χ2v) is 4.69. The number of nitrogens with one attached hydrogen (secondary N) is 1. The first-order chi connectivity index (χ1) is 7.22. The van der Waals surface area contributed by atoms with Gasteiger partial charge in [-0.15, -0.1) is 0 Å². The SMILES string of the molecule is CC(CCCO)NCc1cccc(Br)c1. The molecule has 1 aromatic rings. The summed E-state index contributed by atoms with van der Waals surface area (Å²) in [7, 11) is 0. The molecule has 0 aliphatic rings. The van der Waals surface area contributed by atoms with Crippen LogP contribution in [0.15, 0.2) is 28.7 Å². The van der Waals surface area contributed by atoms with Crippen molar-refractivity contribution in [2.45, 2.75) is 32.4 Å². The quantitative estimate of drug-likeness (QED) is 0.834. The van der Waals surface area contributed by atoms with Gasteiger partial charge in [0.25, 0.3) is 0 Å². The number of hydrogen-bond donors (Lipinski definition) is 2. The van der Waals surface area contributed by atoms with Crippen LogP contribution in [0.25, 0.3) is 0 Å². The van der Waals surface area contributed by atoms with Crippen LogP contribution in [0.4, 0.5) is 0 Å². The molecule has 0 radical (unpaired) electrons. The zero-order valence-corrected chi connectivity index (χ0v) is 10.6. The zero-order chi connectivity index (χ0) is 11.1. The zero-order valence-electron chi connectivity index (χ0n) is 9.04. The standard InChI is InChI=1S/C12H18BrNO/c1-10(4-3-7-15)14-9-11-5-2-6-12(13)8-11/h2,5-6,8,10,14-15H,3-4,7,9H2,1H3. The molecule has 0 saturated heterocycles. The van der Waals surface area contributed by atoms with Gasteiger partial charge in [-0.05, 0) is 37.5 Å². The molecule has 2 nitrogen and oxygen atoms in total. The highest BCUT2D eigenvalue weighted by Crippen LogP contribution is 2.11. The van der Waals surface area contributed by atoms with Gasteiger partial charge in [0, 0.05) is 23.7 Å². The van der Waals surface area contributed by atoms with Gasteiger partial charge in [-0.25, -0.2) is 0 Å². The second-order valence-electron chi connectivity index (χ2n) is 3.78. The van der Waals surface area contributed by atoms with Crippen molar-refractivity contribution in [2.75, 3.05) is 6.61 Å². The van der Waals surface area contributed by atoms with Crippen molar-refractivity contribution in [3.05, 3.63) is 34.3 Å². The molecular formula is C12H18BrNO. The first-order valence-corrected chi connectivity index (χ1v) is 6.10. The summed E-state index contributed by atoms with van der Waals surface area (Å²) in [6.45, 7) is 3.31. The molecule has 0 aliphatic carbocycles. The van der Waals surface area contributed by atoms with E-state index in [1.165, 1.54) is 5.56 Å². The molecule has 84 valence electrons. The van der Waals surface area contributed by atoms with Crippen molar-refractivity contribution in [2.24, 2.45) is 0 Å². The summed E-state index contributed by atoms with van der Waals surface area (Å²) in [5.41, 5.74) is 1.28. The summed E-state index contributed by atoms with van der Waals surface area (Å²) >= 11 is 3.45. The number of benzene rings is 1. The average molecular weight is 272 g/mol. The van der Waals surface area contributed by atoms with E-state index in [-0.39, 0.29) is 6.61 Å². The van der Waals surface area contributed by atoms with E-state index in [0.717, 1.165) is 23.9 Å². The van der Waals surface area contributed by atoms with Gasteiger partial charge in [0.1, 0.15) is 0 Å². The lowest BCUT2D eigenvalue weighted by Crippen LogP contribution is -2.25. The third-order valence-corrected chi connectivity index (χ3v) is 2.83. The van der Waals surface area contributed by atoms with Gasteiger partial charge in [-0.2, -0.15) is 0 Å². The van der Waals surface area contributed by atoms with E-state index in [2.05, 4.69) is 40.3 Å². The molecule has 0 fully saturated rings. The van der Waals surface area contributed by atoms with E-state index in [4.69, 9.17) is 5.11 Å². The van der Waals surface area contributed by atoms with Crippen molar-refractivity contribution in [1.82, 2.24) is 5.32 Å². The van der Waals surface area contributed by atoms with Gasteiger partial charge in [0.2, 0.25) is 0 Å². The molecule has 0 saturated carbocycles. The number of halogens is 1. The monoisotopic (exact) mass is 271 g/mol. The number of aliphatic hydroxyl groups is 1. The summed E-state index contributed by atoms with van der Waals surface area (Å²) in [5.74, 6) is 0. The molecule has 0 spiro atoms. The van der Waals surface area contributed by atoms with Crippen molar-refractivity contribution in [1.29, 1.82) is 0 Å². The summed E-state index contributed by atoms with van der Waals surface area (Å²) in [6, 6.07) is 8.75. The highest BCUT2D eigenvalue weighted by atomic mass is 79.9. The Bertz CT molecular complexity index is 291. The second kappa shape index (κ2) is 6.99. The highest BCUT2D eigenvalue weighted by Gasteiger charge is 2.00. The fourth-order valence-electron chi connectivity index (χ4n) is 1.44. The molecular weight excluding hydrogens is 254 g/mol. The predicted molar refractivity (Wildman–Crippen MR) is 66.8 cm³/mol. The largest absolute Gasteiger partial charge is 0.396 e. The highest BCUT2D eigenvalue weighted by molar-refractivity contribution is 9.10. The Hall–Kier alpha value is -0.380. The van der Waals surface area contributed by atoms with E-state index in [1.54, 1.807) is 0 Å². The van der Waals surface area contributed by atoms with Crippen LogP contribution in [-0.4, -0.2) is 17.8 Å². The van der Waals surface area contributed by atoms with Gasteiger partial charge in [-0.3, -0.25) is 0 Å². The Labute approximate surface area is 99.8 Å². The predicted octanol–water partition coefficient (Wildman–Crippen LogP) is 2.70. The molecule has 3 heteroatoms. The normalized spacial score (nSPS) is 12.7. The first kappa shape index (κ1) is 12.7. The fraction of sp³-hybridized carbons (Fsp3) is 0.500. The average Bonchev–Trinajstić information content (AvgIpc) is 2.23. The molecule has 0 bridgehead atoms. The molecule has 0 aliphatic heterocycles. The van der Waals surface area contributed by atoms with Crippen LogP contribution in [-0.2, 0) is 6.54 Å². The van der Waals surface area contributed by atoms with E-state index >= 15 is 0 Å². The van der Waals surface area contributed by atoms with Crippen LogP contribution in [0.5, 0.6) is 0 Å². The fourth-order valence-corrected chi connectivity index (χ4v) is 1.89. The van der Waals surface area contributed by atoms with Crippen LogP contribution in [0.3, 0.4) is 0 Å². The Morgan fingerprint density at radius 2 is 2.27 bits per heavy atom. The van der Waals surface area contributed by atoms with Gasteiger partial charge < -0.3 is 10.4 Å². The Morgan fingerprint density at radius 1 is 1.47 bits per heavy atom. The van der Waals surface area contributed by atoms with E-state index in [9.17, 15) is 0 Å². The maximum absolute atomic E-state index is 8.70. The van der Waals surface area contributed by atoms with Crippen molar-refractivity contribution >= 4 is 15.9 Å². The van der Waals surface area contributed by atoms with Crippen LogP contribution < -0.4 is 5.32 Å². The first-order valence-electron chi connectivity index (χ1n) is 5.31. The van der Waals surface area contributed by atoms with Crippen molar-refractivity contribution in [3.63, 3.8) is 0 Å². The van der Waals surface area contributed by atoms with Crippen molar-refractivity contribution < 1.29 is 5.11 Å².